The number of fused-ring (bicyclic) bond motifs is 2. The van der Waals surface area contributed by atoms with Crippen LogP contribution in [0.2, 0.25) is 0 Å². The summed E-state index contributed by atoms with van der Waals surface area (Å²) in [6.45, 7) is 1.08. The van der Waals surface area contributed by atoms with Crippen LogP contribution < -0.4 is 5.32 Å². The van der Waals surface area contributed by atoms with Gasteiger partial charge in [0.1, 0.15) is 5.82 Å². The van der Waals surface area contributed by atoms with Gasteiger partial charge in [-0.1, -0.05) is 42.5 Å². The molecule has 2 aliphatic heterocycles. The van der Waals surface area contributed by atoms with Crippen LogP contribution in [0.4, 0.5) is 4.39 Å². The summed E-state index contributed by atoms with van der Waals surface area (Å²) >= 11 is 0. The van der Waals surface area contributed by atoms with E-state index in [0.29, 0.717) is 12.1 Å². The minimum atomic E-state index is -0.451. The quantitative estimate of drug-likeness (QED) is 0.888. The zero-order chi connectivity index (χ0) is 17.9. The third-order valence-corrected chi connectivity index (χ3v) is 5.84. The average molecular weight is 352 g/mol. The summed E-state index contributed by atoms with van der Waals surface area (Å²) in [5.41, 5.74) is 1.52. The van der Waals surface area contributed by atoms with Crippen molar-refractivity contribution in [3.05, 3.63) is 71.5 Å². The van der Waals surface area contributed by atoms with Crippen LogP contribution in [0.15, 0.2) is 54.6 Å². The number of nitrogens with one attached hydrogen (secondary N) is 1. The molecule has 136 valence electrons. The van der Waals surface area contributed by atoms with Gasteiger partial charge in [0.25, 0.3) is 5.91 Å². The minimum absolute atomic E-state index is 0.145. The molecular weight excluding hydrogens is 327 g/mol. The highest BCUT2D eigenvalue weighted by Gasteiger charge is 2.40. The first-order valence-corrected chi connectivity index (χ1v) is 9.56. The van der Waals surface area contributed by atoms with E-state index in [4.69, 9.17) is 0 Å². The Morgan fingerprint density at radius 3 is 2.35 bits per heavy atom. The number of piperidine rings is 1. The molecule has 2 bridgehead atoms. The maximum Gasteiger partial charge on any atom is 0.254 e. The fourth-order valence-corrected chi connectivity index (χ4v) is 4.57. The Morgan fingerprint density at radius 1 is 1.00 bits per heavy atom. The van der Waals surface area contributed by atoms with Crippen LogP contribution in [0.3, 0.4) is 0 Å². The Labute approximate surface area is 154 Å². The topological polar surface area (TPSA) is 32.3 Å². The number of amides is 1. The van der Waals surface area contributed by atoms with E-state index in [1.165, 1.54) is 24.5 Å². The van der Waals surface area contributed by atoms with E-state index in [1.807, 2.05) is 0 Å². The van der Waals surface area contributed by atoms with Gasteiger partial charge in [-0.2, -0.15) is 0 Å². The van der Waals surface area contributed by atoms with E-state index in [0.717, 1.165) is 25.8 Å². The van der Waals surface area contributed by atoms with Gasteiger partial charge in [0.2, 0.25) is 0 Å². The predicted molar refractivity (Wildman–Crippen MR) is 101 cm³/mol. The van der Waals surface area contributed by atoms with Crippen molar-refractivity contribution in [2.24, 2.45) is 0 Å². The Morgan fingerprint density at radius 2 is 1.65 bits per heavy atom. The number of hydrogen-bond acceptors (Lipinski definition) is 2. The van der Waals surface area contributed by atoms with E-state index in [1.54, 1.807) is 18.2 Å². The molecule has 2 aromatic rings. The first kappa shape index (κ1) is 17.2. The van der Waals surface area contributed by atoms with E-state index in [9.17, 15) is 9.18 Å². The lowest BCUT2D eigenvalue weighted by Gasteiger charge is -2.39. The van der Waals surface area contributed by atoms with Gasteiger partial charge < -0.3 is 5.32 Å². The van der Waals surface area contributed by atoms with Crippen LogP contribution in [0, 0.1) is 5.82 Å². The lowest BCUT2D eigenvalue weighted by molar-refractivity contribution is 0.0844. The van der Waals surface area contributed by atoms with Crippen LogP contribution >= 0.6 is 0 Å². The number of rotatable bonds is 5. The summed E-state index contributed by atoms with van der Waals surface area (Å²) in [4.78, 5) is 15.0. The van der Waals surface area contributed by atoms with Crippen molar-refractivity contribution >= 4 is 5.91 Å². The Balaban J connectivity index is 1.34. The summed E-state index contributed by atoms with van der Waals surface area (Å²) in [5.74, 6) is -0.737. The summed E-state index contributed by atoms with van der Waals surface area (Å²) < 4.78 is 13.8. The van der Waals surface area contributed by atoms with Crippen molar-refractivity contribution in [3.8, 4) is 0 Å². The molecule has 26 heavy (non-hydrogen) atoms. The molecule has 2 fully saturated rings. The fraction of sp³-hybridized carbons (Fsp3) is 0.409. The molecule has 4 heteroatoms. The number of benzene rings is 2. The largest absolute Gasteiger partial charge is 0.349 e. The Bertz CT molecular complexity index is 750. The van der Waals surface area contributed by atoms with Crippen LogP contribution in [0.5, 0.6) is 0 Å². The van der Waals surface area contributed by atoms with Crippen LogP contribution in [-0.4, -0.2) is 35.5 Å². The molecule has 1 amide bonds. The van der Waals surface area contributed by atoms with Gasteiger partial charge in [0.05, 0.1) is 5.56 Å². The molecule has 2 aromatic carbocycles. The van der Waals surface area contributed by atoms with Crippen molar-refractivity contribution in [2.75, 3.05) is 6.54 Å². The first-order valence-electron chi connectivity index (χ1n) is 9.56. The first-order chi connectivity index (χ1) is 12.7. The zero-order valence-electron chi connectivity index (χ0n) is 14.9. The van der Waals surface area contributed by atoms with Gasteiger partial charge in [-0.15, -0.1) is 0 Å². The predicted octanol–water partition coefficient (Wildman–Crippen LogP) is 3.79. The van der Waals surface area contributed by atoms with E-state index >= 15 is 0 Å². The van der Waals surface area contributed by atoms with Gasteiger partial charge in [0, 0.05) is 24.7 Å². The van der Waals surface area contributed by atoms with Gasteiger partial charge in [0.15, 0.2) is 0 Å². The smallest absolute Gasteiger partial charge is 0.254 e. The Kier molecular flexibility index (Phi) is 5.02. The normalized spacial score (nSPS) is 25.2. The van der Waals surface area contributed by atoms with Gasteiger partial charge in [-0.05, 0) is 49.8 Å². The molecule has 0 aliphatic carbocycles. The summed E-state index contributed by atoms with van der Waals surface area (Å²) in [6, 6.07) is 18.0. The Hall–Kier alpha value is -2.20. The number of nitrogens with zero attached hydrogens (tertiary/aromatic N) is 1. The SMILES string of the molecule is O=C(NC1CC2CCC(C1)N2CCc1ccccc1)c1ccccc1F. The third-order valence-electron chi connectivity index (χ3n) is 5.84. The number of carbonyl (C=O) groups is 1. The molecule has 0 aromatic heterocycles. The molecule has 2 atom stereocenters. The second-order valence-electron chi connectivity index (χ2n) is 7.48. The van der Waals surface area contributed by atoms with Crippen LogP contribution in [-0.2, 0) is 6.42 Å². The van der Waals surface area contributed by atoms with Crippen molar-refractivity contribution < 1.29 is 9.18 Å². The summed E-state index contributed by atoms with van der Waals surface area (Å²) in [7, 11) is 0. The lowest BCUT2D eigenvalue weighted by atomic mass is 9.96. The molecule has 2 saturated heterocycles. The van der Waals surface area contributed by atoms with Gasteiger partial charge >= 0.3 is 0 Å². The molecule has 1 N–H and O–H groups in total. The highest BCUT2D eigenvalue weighted by atomic mass is 19.1. The maximum absolute atomic E-state index is 13.8. The van der Waals surface area contributed by atoms with Crippen LogP contribution in [0.25, 0.3) is 0 Å². The molecule has 0 spiro atoms. The average Bonchev–Trinajstić information content (AvgIpc) is 2.89. The molecule has 4 rings (SSSR count). The highest BCUT2D eigenvalue weighted by molar-refractivity contribution is 5.94. The summed E-state index contributed by atoms with van der Waals surface area (Å²) in [6.07, 6.45) is 5.40. The van der Waals surface area contributed by atoms with Crippen molar-refractivity contribution in [2.45, 2.75) is 50.2 Å². The van der Waals surface area contributed by atoms with Gasteiger partial charge in [-0.25, -0.2) is 4.39 Å². The number of carbonyl (C=O) groups excluding carboxylic acids is 1. The van der Waals surface area contributed by atoms with E-state index in [2.05, 4.69) is 40.5 Å². The number of hydrogen-bond donors (Lipinski definition) is 1. The molecule has 0 saturated carbocycles. The van der Waals surface area contributed by atoms with Crippen molar-refractivity contribution in [3.63, 3.8) is 0 Å². The van der Waals surface area contributed by atoms with Crippen molar-refractivity contribution in [1.29, 1.82) is 0 Å². The highest BCUT2D eigenvalue weighted by Crippen LogP contribution is 2.35. The van der Waals surface area contributed by atoms with E-state index in [-0.39, 0.29) is 17.5 Å². The standard InChI is InChI=1S/C22H25FN2O/c23-21-9-5-4-8-20(21)22(26)24-17-14-18-10-11-19(15-17)25(18)13-12-16-6-2-1-3-7-16/h1-9,17-19H,10-15H2,(H,24,26). The molecule has 3 nitrogen and oxygen atoms in total. The molecular formula is C22H25FN2O. The summed E-state index contributed by atoms with van der Waals surface area (Å²) in [5, 5.41) is 3.07. The van der Waals surface area contributed by atoms with E-state index < -0.39 is 5.82 Å². The van der Waals surface area contributed by atoms with Gasteiger partial charge in [-0.3, -0.25) is 9.69 Å². The third kappa shape index (κ3) is 3.65. The molecule has 0 radical (unpaired) electrons. The fourth-order valence-electron chi connectivity index (χ4n) is 4.57. The monoisotopic (exact) mass is 352 g/mol. The molecule has 2 heterocycles. The van der Waals surface area contributed by atoms with Crippen molar-refractivity contribution in [1.82, 2.24) is 10.2 Å². The second-order valence-corrected chi connectivity index (χ2v) is 7.48. The maximum atomic E-state index is 13.8. The van der Waals surface area contributed by atoms with Crippen LogP contribution in [0.1, 0.15) is 41.6 Å². The number of halogens is 1. The lowest BCUT2D eigenvalue weighted by Crippen LogP contribution is -2.50. The zero-order valence-corrected chi connectivity index (χ0v) is 14.9. The molecule has 2 aliphatic rings. The minimum Gasteiger partial charge on any atom is -0.349 e. The second kappa shape index (κ2) is 7.58. The molecule has 2 unspecified atom stereocenters.